The zero-order valence-corrected chi connectivity index (χ0v) is 23.1. The molecule has 4 aliphatic rings. The van der Waals surface area contributed by atoms with Gasteiger partial charge in [-0.25, -0.2) is 14.4 Å². The summed E-state index contributed by atoms with van der Waals surface area (Å²) >= 11 is 0. The molecule has 1 saturated heterocycles. The van der Waals surface area contributed by atoms with Gasteiger partial charge in [0.1, 0.15) is 11.9 Å². The molecule has 7 atom stereocenters. The fourth-order valence-electron chi connectivity index (χ4n) is 6.62. The van der Waals surface area contributed by atoms with Crippen molar-refractivity contribution in [2.75, 3.05) is 20.7 Å². The van der Waals surface area contributed by atoms with Crippen LogP contribution < -0.4 is 9.47 Å². The summed E-state index contributed by atoms with van der Waals surface area (Å²) in [5.41, 5.74) is -0.306. The Kier molecular flexibility index (Phi) is 7.24. The first-order valence-corrected chi connectivity index (χ1v) is 13.4. The number of carbonyl (C=O) groups excluding carboxylic acids is 3. The lowest BCUT2D eigenvalue weighted by molar-refractivity contribution is -0.182. The maximum Gasteiger partial charge on any atom is 0.348 e. The van der Waals surface area contributed by atoms with Crippen LogP contribution in [0.15, 0.2) is 24.0 Å². The molecular weight excluding hydrogens is 542 g/mol. The number of hydrogen-bond donors (Lipinski definition) is 3. The number of carbonyl (C=O) groups is 4. The van der Waals surface area contributed by atoms with Crippen LogP contribution in [0.4, 0.5) is 0 Å². The molecule has 2 heterocycles. The molecule has 5 rings (SSSR count). The van der Waals surface area contributed by atoms with Crippen LogP contribution in [0.1, 0.15) is 44.2 Å². The van der Waals surface area contributed by atoms with Gasteiger partial charge >= 0.3 is 23.9 Å². The summed E-state index contributed by atoms with van der Waals surface area (Å²) < 4.78 is 27.4. The van der Waals surface area contributed by atoms with Crippen molar-refractivity contribution in [2.24, 2.45) is 0 Å². The fourth-order valence-corrected chi connectivity index (χ4v) is 6.62. The number of nitrogens with zero attached hydrogens (tertiary/aromatic N) is 1. The molecule has 2 aliphatic carbocycles. The summed E-state index contributed by atoms with van der Waals surface area (Å²) in [7, 11) is 3.48. The Labute approximate surface area is 235 Å². The second-order valence-corrected chi connectivity index (χ2v) is 11.0. The molecule has 0 radical (unpaired) electrons. The summed E-state index contributed by atoms with van der Waals surface area (Å²) in [6.07, 6.45) is -3.90. The van der Waals surface area contributed by atoms with Gasteiger partial charge < -0.3 is 43.9 Å². The number of aliphatic hydroxyl groups excluding tert-OH is 1. The highest BCUT2D eigenvalue weighted by atomic mass is 16.6. The third-order valence-corrected chi connectivity index (χ3v) is 8.64. The number of benzene rings is 1. The van der Waals surface area contributed by atoms with Gasteiger partial charge in [0.25, 0.3) is 0 Å². The minimum absolute atomic E-state index is 0.127. The van der Waals surface area contributed by atoms with Crippen molar-refractivity contribution < 1.29 is 58.2 Å². The van der Waals surface area contributed by atoms with Crippen LogP contribution in [0.3, 0.4) is 0 Å². The van der Waals surface area contributed by atoms with Crippen LogP contribution >= 0.6 is 0 Å². The number of rotatable bonds is 9. The first-order chi connectivity index (χ1) is 19.3. The molecule has 13 heteroatoms. The average molecular weight is 576 g/mol. The largest absolute Gasteiger partial charge is 0.493 e. The number of aliphatic carboxylic acids is 1. The van der Waals surface area contributed by atoms with Crippen molar-refractivity contribution in [1.82, 2.24) is 4.90 Å². The molecule has 0 amide bonds. The summed E-state index contributed by atoms with van der Waals surface area (Å²) in [5.74, 6) is -3.85. The molecule has 222 valence electrons. The topological polar surface area (TPSA) is 178 Å². The number of methoxy groups -OCH3 is 1. The van der Waals surface area contributed by atoms with Crippen LogP contribution in [-0.2, 0) is 45.2 Å². The van der Waals surface area contributed by atoms with E-state index >= 15 is 0 Å². The van der Waals surface area contributed by atoms with E-state index in [2.05, 4.69) is 4.90 Å². The molecule has 1 aromatic carbocycles. The van der Waals surface area contributed by atoms with E-state index in [-0.39, 0.29) is 18.2 Å². The number of carboxylic acid groups (broad SMARTS) is 1. The lowest BCUT2D eigenvalue weighted by Crippen LogP contribution is -2.74. The number of esters is 3. The van der Waals surface area contributed by atoms with Crippen molar-refractivity contribution in [2.45, 2.75) is 81.0 Å². The number of ether oxygens (including phenoxy) is 5. The third-order valence-electron chi connectivity index (χ3n) is 8.64. The van der Waals surface area contributed by atoms with Crippen LogP contribution in [0.5, 0.6) is 11.5 Å². The first kappa shape index (κ1) is 28.8. The maximum atomic E-state index is 13.2. The number of carboxylic acids is 1. The second-order valence-electron chi connectivity index (χ2n) is 11.0. The van der Waals surface area contributed by atoms with E-state index in [1.54, 1.807) is 6.08 Å². The molecule has 0 unspecified atom stereocenters. The smallest absolute Gasteiger partial charge is 0.348 e. The van der Waals surface area contributed by atoms with Crippen LogP contribution in [-0.4, -0.2) is 101 Å². The Morgan fingerprint density at radius 2 is 1.90 bits per heavy atom. The molecule has 2 bridgehead atoms. The van der Waals surface area contributed by atoms with Crippen molar-refractivity contribution >= 4 is 23.9 Å². The first-order valence-electron chi connectivity index (χ1n) is 13.4. The van der Waals surface area contributed by atoms with E-state index in [1.807, 2.05) is 19.2 Å². The molecule has 3 N–H and O–H groups in total. The molecule has 41 heavy (non-hydrogen) atoms. The molecule has 1 spiro atoms. The van der Waals surface area contributed by atoms with Crippen molar-refractivity contribution in [1.29, 1.82) is 0 Å². The lowest BCUT2D eigenvalue weighted by Gasteiger charge is -2.61. The van der Waals surface area contributed by atoms with Gasteiger partial charge in [0, 0.05) is 18.0 Å². The van der Waals surface area contributed by atoms with Gasteiger partial charge in [-0.2, -0.15) is 0 Å². The normalized spacial score (nSPS) is 29.6. The van der Waals surface area contributed by atoms with Crippen molar-refractivity contribution in [3.05, 3.63) is 35.1 Å². The molecule has 1 aromatic rings. The van der Waals surface area contributed by atoms with E-state index in [1.165, 1.54) is 7.11 Å². The Balaban J connectivity index is 1.44. The van der Waals surface area contributed by atoms with E-state index < -0.39 is 65.7 Å². The number of piperidine rings is 1. The van der Waals surface area contributed by atoms with Gasteiger partial charge in [-0.05, 0) is 58.0 Å². The highest BCUT2D eigenvalue weighted by Crippen LogP contribution is 2.65. The van der Waals surface area contributed by atoms with Gasteiger partial charge in [-0.1, -0.05) is 6.07 Å². The van der Waals surface area contributed by atoms with Crippen molar-refractivity contribution in [3.8, 4) is 11.5 Å². The summed E-state index contributed by atoms with van der Waals surface area (Å²) in [6, 6.07) is 3.56. The lowest BCUT2D eigenvalue weighted by atomic mass is 9.50. The molecule has 0 aromatic heterocycles. The number of aliphatic hydroxyl groups is 2. The molecule has 1 fully saturated rings. The second kappa shape index (κ2) is 10.3. The molecule has 2 aliphatic heterocycles. The highest BCUT2D eigenvalue weighted by Gasteiger charge is 2.72. The predicted molar refractivity (Wildman–Crippen MR) is 137 cm³/mol. The monoisotopic (exact) mass is 575 g/mol. The summed E-state index contributed by atoms with van der Waals surface area (Å²) in [4.78, 5) is 51.0. The Bertz CT molecular complexity index is 1320. The van der Waals surface area contributed by atoms with Crippen LogP contribution in [0.2, 0.25) is 0 Å². The standard InChI is InChI=1S/C28H33NO12/c1-13(30)25(34)40-18(26(35)38-14(2)24(32)33)12-20(31)39-17-7-8-28(36)19-11-15-5-6-16(37-4)22-21(15)27(28,23(17)41-22)9-10-29(19)3/h5-7,13-14,18-19,23,30,36H,8-12H2,1-4H3,(H,32,33)/t13-,14-,18-,19-,23-,27-,28+/m0/s1. The number of likely N-dealkylation sites (N-methyl/N-ethyl adjacent to an activating group) is 1. The van der Waals surface area contributed by atoms with E-state index in [0.29, 0.717) is 30.9 Å². The van der Waals surface area contributed by atoms with Gasteiger partial charge in [-0.3, -0.25) is 4.79 Å². The van der Waals surface area contributed by atoms with Crippen LogP contribution in [0, 0.1) is 0 Å². The minimum atomic E-state index is -1.87. The summed E-state index contributed by atoms with van der Waals surface area (Å²) in [6.45, 7) is 2.86. The number of likely N-dealkylation sites (tertiary alicyclic amines) is 1. The molecular formula is C28H33NO12. The van der Waals surface area contributed by atoms with Crippen LogP contribution in [0.25, 0.3) is 0 Å². The quantitative estimate of drug-likeness (QED) is 0.269. The molecule has 13 nitrogen and oxygen atoms in total. The zero-order valence-electron chi connectivity index (χ0n) is 23.1. The van der Waals surface area contributed by atoms with E-state index in [9.17, 15) is 29.4 Å². The predicted octanol–water partition coefficient (Wildman–Crippen LogP) is 0.215. The van der Waals surface area contributed by atoms with Gasteiger partial charge in [-0.15, -0.1) is 0 Å². The third kappa shape index (κ3) is 4.43. The maximum absolute atomic E-state index is 13.2. The SMILES string of the molecule is COc1ccc2c3c1O[C@H]1C(OC(=O)C[C@H](OC(=O)[C@H](C)O)C(=O)O[C@@H](C)C(=O)O)=CC[C@@]4(O)[C@H](C2)N(C)CC[C@]314. The Morgan fingerprint density at radius 3 is 2.56 bits per heavy atom. The summed E-state index contributed by atoms with van der Waals surface area (Å²) in [5, 5.41) is 30.8. The van der Waals surface area contributed by atoms with E-state index in [0.717, 1.165) is 25.0 Å². The van der Waals surface area contributed by atoms with E-state index in [4.69, 9.17) is 28.8 Å². The Morgan fingerprint density at radius 1 is 1.17 bits per heavy atom. The Hall–Kier alpha value is -3.68. The van der Waals surface area contributed by atoms with Gasteiger partial charge in [0.05, 0.1) is 24.5 Å². The number of hydrogen-bond acceptors (Lipinski definition) is 12. The fraction of sp³-hybridized carbons (Fsp3) is 0.571. The van der Waals surface area contributed by atoms with Gasteiger partial charge in [0.2, 0.25) is 6.10 Å². The molecule has 0 saturated carbocycles. The van der Waals surface area contributed by atoms with Crippen molar-refractivity contribution in [3.63, 3.8) is 0 Å². The van der Waals surface area contributed by atoms with Gasteiger partial charge in [0.15, 0.2) is 23.7 Å². The highest BCUT2D eigenvalue weighted by molar-refractivity contribution is 5.87. The minimum Gasteiger partial charge on any atom is -0.493 e. The zero-order chi connectivity index (χ0) is 29.9. The average Bonchev–Trinajstić information content (AvgIpc) is 3.27.